The normalized spacial score (nSPS) is 21.4. The van der Waals surface area contributed by atoms with Gasteiger partial charge in [0.25, 0.3) is 0 Å². The maximum atomic E-state index is 13.5. The molecule has 2 saturated heterocycles. The zero-order valence-corrected chi connectivity index (χ0v) is 20.2. The predicted molar refractivity (Wildman–Crippen MR) is 129 cm³/mol. The number of hydrogen-bond donors (Lipinski definition) is 7. The molecule has 2 aliphatic heterocycles. The van der Waals surface area contributed by atoms with Gasteiger partial charge in [0, 0.05) is 19.6 Å². The standard InChI is InChI=1S/C22H40N8O5/c23-10-2-1-6-14(24)18(31)28-15(7-3-11-27-22(25)26)19(32)29-12-4-8-16(29)20(33)30-13-5-9-17(30)21(34)35/h14-17H,1-13,23-24H2,(H,28,31)(H,34,35)(H4,25,26,27)/t14-,15-,16-,17-/m0/s1. The Kier molecular flexibility index (Phi) is 11.2. The molecule has 2 aliphatic rings. The number of guanidine groups is 1. The SMILES string of the molecule is N=C(N)NCCC[C@H](NC(=O)[C@@H](N)CCCCN)C(=O)N1CCC[C@H]1C(=O)N1CCC[C@H]1C(=O)O. The first kappa shape index (κ1) is 28.3. The molecule has 0 saturated carbocycles. The van der Waals surface area contributed by atoms with Crippen molar-refractivity contribution in [1.29, 1.82) is 5.41 Å². The number of likely N-dealkylation sites (tertiary alicyclic amines) is 2. The number of carbonyl (C=O) groups is 4. The Balaban J connectivity index is 2.10. The van der Waals surface area contributed by atoms with Crippen molar-refractivity contribution in [2.24, 2.45) is 17.2 Å². The number of nitrogens with zero attached hydrogens (tertiary/aromatic N) is 2. The zero-order chi connectivity index (χ0) is 26.0. The van der Waals surface area contributed by atoms with Gasteiger partial charge in [0.05, 0.1) is 6.04 Å². The van der Waals surface area contributed by atoms with Gasteiger partial charge in [-0.25, -0.2) is 4.79 Å². The summed E-state index contributed by atoms with van der Waals surface area (Å²) in [6, 6.07) is -3.32. The van der Waals surface area contributed by atoms with Crippen LogP contribution in [0.25, 0.3) is 0 Å². The second-order valence-electron chi connectivity index (χ2n) is 9.15. The van der Waals surface area contributed by atoms with Gasteiger partial charge in [-0.05, 0) is 57.9 Å². The van der Waals surface area contributed by atoms with E-state index in [1.54, 1.807) is 0 Å². The van der Waals surface area contributed by atoms with Gasteiger partial charge in [-0.2, -0.15) is 0 Å². The van der Waals surface area contributed by atoms with Crippen molar-refractivity contribution in [3.05, 3.63) is 0 Å². The largest absolute Gasteiger partial charge is 0.480 e. The van der Waals surface area contributed by atoms with E-state index in [1.807, 2.05) is 0 Å². The van der Waals surface area contributed by atoms with Gasteiger partial charge in [-0.3, -0.25) is 19.8 Å². The molecule has 0 unspecified atom stereocenters. The van der Waals surface area contributed by atoms with Gasteiger partial charge in [0.1, 0.15) is 18.1 Å². The fraction of sp³-hybridized carbons (Fsp3) is 0.773. The van der Waals surface area contributed by atoms with E-state index < -0.39 is 42.0 Å². The Morgan fingerprint density at radius 1 is 1.00 bits per heavy atom. The maximum Gasteiger partial charge on any atom is 0.326 e. The third kappa shape index (κ3) is 8.06. The van der Waals surface area contributed by atoms with Crippen molar-refractivity contribution in [1.82, 2.24) is 20.4 Å². The van der Waals surface area contributed by atoms with Crippen LogP contribution in [-0.2, 0) is 19.2 Å². The van der Waals surface area contributed by atoms with Crippen LogP contribution < -0.4 is 27.8 Å². The summed E-state index contributed by atoms with van der Waals surface area (Å²) in [5.41, 5.74) is 16.8. The summed E-state index contributed by atoms with van der Waals surface area (Å²) in [5.74, 6) is -2.44. The Morgan fingerprint density at radius 3 is 2.29 bits per heavy atom. The number of amides is 3. The number of aliphatic carboxylic acids is 1. The van der Waals surface area contributed by atoms with Crippen LogP contribution >= 0.6 is 0 Å². The number of hydrogen-bond acceptors (Lipinski definition) is 7. The van der Waals surface area contributed by atoms with Crippen molar-refractivity contribution in [3.63, 3.8) is 0 Å². The van der Waals surface area contributed by atoms with E-state index in [-0.39, 0.29) is 18.3 Å². The van der Waals surface area contributed by atoms with E-state index in [9.17, 15) is 24.3 Å². The van der Waals surface area contributed by atoms with Crippen molar-refractivity contribution >= 4 is 29.7 Å². The first-order chi connectivity index (χ1) is 16.7. The molecular formula is C22H40N8O5. The van der Waals surface area contributed by atoms with Crippen LogP contribution in [0.1, 0.15) is 57.8 Å². The molecule has 13 nitrogen and oxygen atoms in total. The molecule has 0 aromatic heterocycles. The fourth-order valence-corrected chi connectivity index (χ4v) is 4.67. The molecule has 0 spiro atoms. The van der Waals surface area contributed by atoms with E-state index in [0.29, 0.717) is 71.1 Å². The quantitative estimate of drug-likeness (QED) is 0.0872. The van der Waals surface area contributed by atoms with Crippen LogP contribution in [0.15, 0.2) is 0 Å². The Morgan fingerprint density at radius 2 is 1.66 bits per heavy atom. The van der Waals surface area contributed by atoms with Crippen LogP contribution in [0.2, 0.25) is 0 Å². The maximum absolute atomic E-state index is 13.5. The van der Waals surface area contributed by atoms with Gasteiger partial charge < -0.3 is 42.7 Å². The lowest BCUT2D eigenvalue weighted by atomic mass is 10.1. The monoisotopic (exact) mass is 496 g/mol. The topological polar surface area (TPSA) is 221 Å². The highest BCUT2D eigenvalue weighted by atomic mass is 16.4. The third-order valence-electron chi connectivity index (χ3n) is 6.55. The van der Waals surface area contributed by atoms with Crippen molar-refractivity contribution < 1.29 is 24.3 Å². The minimum absolute atomic E-state index is 0.192. The minimum Gasteiger partial charge on any atom is -0.480 e. The fourth-order valence-electron chi connectivity index (χ4n) is 4.67. The highest BCUT2D eigenvalue weighted by molar-refractivity contribution is 5.94. The number of nitrogens with one attached hydrogen (secondary N) is 3. The first-order valence-electron chi connectivity index (χ1n) is 12.3. The van der Waals surface area contributed by atoms with Crippen molar-refractivity contribution in [3.8, 4) is 0 Å². The second-order valence-corrected chi connectivity index (χ2v) is 9.15. The van der Waals surface area contributed by atoms with Gasteiger partial charge in [-0.15, -0.1) is 0 Å². The second kappa shape index (κ2) is 13.8. The average Bonchev–Trinajstić information content (AvgIpc) is 3.50. The zero-order valence-electron chi connectivity index (χ0n) is 20.2. The lowest BCUT2D eigenvalue weighted by molar-refractivity contribution is -0.152. The molecule has 4 atom stereocenters. The molecule has 3 amide bonds. The van der Waals surface area contributed by atoms with Gasteiger partial charge in [0.15, 0.2) is 5.96 Å². The lowest BCUT2D eigenvalue weighted by Gasteiger charge is -2.32. The molecule has 10 N–H and O–H groups in total. The lowest BCUT2D eigenvalue weighted by Crippen LogP contribution is -2.56. The number of unbranched alkanes of at least 4 members (excludes halogenated alkanes) is 1. The molecule has 13 heteroatoms. The number of carboxylic acids is 1. The number of carboxylic acid groups (broad SMARTS) is 1. The smallest absolute Gasteiger partial charge is 0.326 e. The summed E-state index contributed by atoms with van der Waals surface area (Å²) in [5, 5.41) is 22.1. The van der Waals surface area contributed by atoms with Gasteiger partial charge >= 0.3 is 5.97 Å². The van der Waals surface area contributed by atoms with E-state index in [4.69, 9.17) is 22.6 Å². The Bertz CT molecular complexity index is 779. The average molecular weight is 497 g/mol. The highest BCUT2D eigenvalue weighted by Gasteiger charge is 2.43. The van der Waals surface area contributed by atoms with E-state index in [2.05, 4.69) is 10.6 Å². The van der Waals surface area contributed by atoms with Crippen LogP contribution in [0, 0.1) is 5.41 Å². The molecular weight excluding hydrogens is 456 g/mol. The van der Waals surface area contributed by atoms with Crippen LogP contribution in [0.5, 0.6) is 0 Å². The van der Waals surface area contributed by atoms with E-state index in [0.717, 1.165) is 6.42 Å². The number of rotatable bonds is 13. The van der Waals surface area contributed by atoms with Crippen molar-refractivity contribution in [2.75, 3.05) is 26.2 Å². The molecule has 0 aromatic carbocycles. The molecule has 0 aromatic rings. The number of nitrogens with two attached hydrogens (primary N) is 3. The Labute approximate surface area is 205 Å². The third-order valence-corrected chi connectivity index (χ3v) is 6.55. The van der Waals surface area contributed by atoms with Gasteiger partial charge in [0.2, 0.25) is 17.7 Å². The van der Waals surface area contributed by atoms with Crippen LogP contribution in [0.4, 0.5) is 0 Å². The first-order valence-corrected chi connectivity index (χ1v) is 12.3. The van der Waals surface area contributed by atoms with Crippen LogP contribution in [0.3, 0.4) is 0 Å². The van der Waals surface area contributed by atoms with Crippen LogP contribution in [-0.4, -0.2) is 94.9 Å². The van der Waals surface area contributed by atoms with Crippen molar-refractivity contribution in [2.45, 2.75) is 82.0 Å². The summed E-state index contributed by atoms with van der Waals surface area (Å²) in [6.07, 6.45) is 4.63. The summed E-state index contributed by atoms with van der Waals surface area (Å²) in [6.45, 7) is 1.54. The molecule has 35 heavy (non-hydrogen) atoms. The molecule has 2 fully saturated rings. The summed E-state index contributed by atoms with van der Waals surface area (Å²) in [4.78, 5) is 53.8. The Hall–Kier alpha value is -2.93. The molecule has 0 bridgehead atoms. The predicted octanol–water partition coefficient (Wildman–Crippen LogP) is -1.74. The molecule has 2 heterocycles. The van der Waals surface area contributed by atoms with E-state index in [1.165, 1.54) is 9.80 Å². The molecule has 0 aliphatic carbocycles. The molecule has 2 rings (SSSR count). The van der Waals surface area contributed by atoms with E-state index >= 15 is 0 Å². The minimum atomic E-state index is -1.04. The summed E-state index contributed by atoms with van der Waals surface area (Å²) >= 11 is 0. The number of carbonyl (C=O) groups excluding carboxylic acids is 3. The highest BCUT2D eigenvalue weighted by Crippen LogP contribution is 2.26. The molecule has 198 valence electrons. The summed E-state index contributed by atoms with van der Waals surface area (Å²) in [7, 11) is 0. The molecule has 0 radical (unpaired) electrons. The summed E-state index contributed by atoms with van der Waals surface area (Å²) < 4.78 is 0. The van der Waals surface area contributed by atoms with Gasteiger partial charge in [-0.1, -0.05) is 6.42 Å².